The second-order valence-corrected chi connectivity index (χ2v) is 9.52. The number of nitrogens with one attached hydrogen (secondary N) is 1. The van der Waals surface area contributed by atoms with E-state index in [1.807, 2.05) is 17.5 Å². The minimum atomic E-state index is -0.420. The maximum absolute atomic E-state index is 11.2. The van der Waals surface area contributed by atoms with Crippen LogP contribution in [0, 0.1) is 0 Å². The number of hydrogen-bond donors (Lipinski definition) is 3. The zero-order chi connectivity index (χ0) is 19.7. The molecule has 0 aliphatic carbocycles. The average molecular weight is 377 g/mol. The Balaban J connectivity index is 2.47. The van der Waals surface area contributed by atoms with Gasteiger partial charge in [-0.2, -0.15) is 0 Å². The van der Waals surface area contributed by atoms with Gasteiger partial charge in [0.15, 0.2) is 0 Å². The fourth-order valence-electron chi connectivity index (χ4n) is 2.76. The molecule has 0 spiro atoms. The van der Waals surface area contributed by atoms with Crippen molar-refractivity contribution in [3.63, 3.8) is 0 Å². The third-order valence-corrected chi connectivity index (χ3v) is 5.17. The number of amides is 1. The van der Waals surface area contributed by atoms with E-state index in [-0.39, 0.29) is 17.3 Å². The van der Waals surface area contributed by atoms with Crippen LogP contribution in [0.5, 0.6) is 5.75 Å². The van der Waals surface area contributed by atoms with Gasteiger partial charge >= 0.3 is 0 Å². The van der Waals surface area contributed by atoms with Crippen molar-refractivity contribution < 1.29 is 15.1 Å². The Labute approximate surface area is 159 Å². The second-order valence-electron chi connectivity index (χ2n) is 8.58. The molecule has 0 fully saturated rings. The molecule has 1 aromatic carbocycles. The van der Waals surface area contributed by atoms with Crippen LogP contribution in [0.1, 0.15) is 64.1 Å². The highest BCUT2D eigenvalue weighted by Crippen LogP contribution is 2.42. The minimum absolute atomic E-state index is 0.194. The molecule has 6 heteroatoms. The summed E-state index contributed by atoms with van der Waals surface area (Å²) in [5.74, 6) is -0.0692. The molecule has 0 saturated heterocycles. The van der Waals surface area contributed by atoms with Crippen LogP contribution < -0.4 is 5.48 Å². The van der Waals surface area contributed by atoms with Crippen molar-refractivity contribution in [3.8, 4) is 17.0 Å². The number of nitrogens with zero attached hydrogens (tertiary/aromatic N) is 1. The Hall–Kier alpha value is -1.92. The third-order valence-electron chi connectivity index (χ3n) is 4.26. The van der Waals surface area contributed by atoms with Gasteiger partial charge in [-0.15, -0.1) is 11.3 Å². The highest BCUT2D eigenvalue weighted by atomic mass is 32.1. The summed E-state index contributed by atoms with van der Waals surface area (Å²) in [6.07, 6.45) is 0.674. The first-order valence-corrected chi connectivity index (χ1v) is 9.57. The smallest absolute Gasteiger partial charge is 0.243 e. The molecular formula is C20H28N2O3S. The maximum Gasteiger partial charge on any atom is 0.243 e. The van der Waals surface area contributed by atoms with Crippen molar-refractivity contribution in [2.24, 2.45) is 0 Å². The van der Waals surface area contributed by atoms with Crippen LogP contribution in [-0.4, -0.2) is 21.2 Å². The van der Waals surface area contributed by atoms with Gasteiger partial charge in [-0.1, -0.05) is 41.5 Å². The molecule has 1 amide bonds. The van der Waals surface area contributed by atoms with E-state index in [0.717, 1.165) is 27.4 Å². The molecular weight excluding hydrogens is 348 g/mol. The third kappa shape index (κ3) is 4.62. The summed E-state index contributed by atoms with van der Waals surface area (Å²) in [6, 6.07) is 4.01. The van der Waals surface area contributed by atoms with Crippen LogP contribution in [-0.2, 0) is 22.0 Å². The summed E-state index contributed by atoms with van der Waals surface area (Å²) in [6.45, 7) is 12.5. The quantitative estimate of drug-likeness (QED) is 0.540. The number of benzene rings is 1. The van der Waals surface area contributed by atoms with E-state index in [4.69, 9.17) is 5.21 Å². The zero-order valence-electron chi connectivity index (χ0n) is 16.3. The molecule has 0 bridgehead atoms. The van der Waals surface area contributed by atoms with E-state index in [0.29, 0.717) is 12.2 Å². The van der Waals surface area contributed by atoms with E-state index < -0.39 is 5.91 Å². The highest BCUT2D eigenvalue weighted by Gasteiger charge is 2.27. The first kappa shape index (κ1) is 20.4. The lowest BCUT2D eigenvalue weighted by molar-refractivity contribution is -0.129. The molecule has 1 aromatic heterocycles. The van der Waals surface area contributed by atoms with Crippen LogP contribution in [0.2, 0.25) is 0 Å². The number of thiazole rings is 1. The molecule has 2 aromatic rings. The van der Waals surface area contributed by atoms with Gasteiger partial charge in [-0.05, 0) is 23.0 Å². The number of aromatic nitrogens is 1. The summed E-state index contributed by atoms with van der Waals surface area (Å²) < 4.78 is 0. The number of carbonyl (C=O) groups is 1. The van der Waals surface area contributed by atoms with E-state index in [2.05, 4.69) is 46.5 Å². The number of hydrogen-bond acceptors (Lipinski definition) is 5. The van der Waals surface area contributed by atoms with Gasteiger partial charge in [0.05, 0.1) is 10.7 Å². The Morgan fingerprint density at radius 2 is 1.65 bits per heavy atom. The predicted molar refractivity (Wildman–Crippen MR) is 105 cm³/mol. The molecule has 2 rings (SSSR count). The number of hydroxylamine groups is 1. The largest absolute Gasteiger partial charge is 0.507 e. The van der Waals surface area contributed by atoms with E-state index in [1.54, 1.807) is 5.48 Å². The number of phenolic OH excluding ortho intramolecular Hbond substituents is 1. The number of phenols is 1. The fraction of sp³-hybridized carbons (Fsp3) is 0.500. The first-order chi connectivity index (χ1) is 11.9. The van der Waals surface area contributed by atoms with Crippen molar-refractivity contribution in [1.82, 2.24) is 10.5 Å². The van der Waals surface area contributed by atoms with E-state index >= 15 is 0 Å². The van der Waals surface area contributed by atoms with Crippen LogP contribution >= 0.6 is 11.3 Å². The van der Waals surface area contributed by atoms with Gasteiger partial charge in [-0.3, -0.25) is 10.0 Å². The molecule has 142 valence electrons. The fourth-order valence-corrected chi connectivity index (χ4v) is 3.57. The normalized spacial score (nSPS) is 12.3. The van der Waals surface area contributed by atoms with Crippen molar-refractivity contribution in [2.45, 2.75) is 65.2 Å². The molecule has 0 aliphatic heterocycles. The number of aryl methyl sites for hydroxylation is 1. The predicted octanol–water partition coefficient (Wildman–Crippen LogP) is 4.55. The molecule has 5 nitrogen and oxygen atoms in total. The molecule has 0 saturated carbocycles. The van der Waals surface area contributed by atoms with Crippen LogP contribution in [0.25, 0.3) is 11.3 Å². The number of aromatic hydroxyl groups is 1. The van der Waals surface area contributed by atoms with Crippen molar-refractivity contribution >= 4 is 17.2 Å². The van der Waals surface area contributed by atoms with E-state index in [9.17, 15) is 9.90 Å². The standard InChI is InChI=1S/C20H28N2O3S/c1-19(2,3)13-9-12(10-14(18(13)24)20(4,5)6)15-11-26-17(21-15)8-7-16(23)22-25/h9-11,24-25H,7-8H2,1-6H3,(H,22,23). The van der Waals surface area contributed by atoms with Gasteiger partial charge in [0.2, 0.25) is 5.91 Å². The van der Waals surface area contributed by atoms with Crippen molar-refractivity contribution in [3.05, 3.63) is 33.6 Å². The summed E-state index contributed by atoms with van der Waals surface area (Å²) in [5, 5.41) is 22.2. The first-order valence-electron chi connectivity index (χ1n) is 8.69. The highest BCUT2D eigenvalue weighted by molar-refractivity contribution is 7.09. The van der Waals surface area contributed by atoms with Crippen molar-refractivity contribution in [2.75, 3.05) is 0 Å². The topological polar surface area (TPSA) is 82.5 Å². The summed E-state index contributed by atoms with van der Waals surface area (Å²) in [5.41, 5.74) is 4.84. The molecule has 1 heterocycles. The van der Waals surface area contributed by atoms with Crippen LogP contribution in [0.4, 0.5) is 0 Å². The SMILES string of the molecule is CC(C)(C)c1cc(-c2csc(CCC(=O)NO)n2)cc(C(C)(C)C)c1O. The maximum atomic E-state index is 11.2. The van der Waals surface area contributed by atoms with Gasteiger partial charge in [0.1, 0.15) is 5.75 Å². The van der Waals surface area contributed by atoms with Crippen LogP contribution in [0.15, 0.2) is 17.5 Å². The Morgan fingerprint density at radius 3 is 2.12 bits per heavy atom. The summed E-state index contributed by atoms with van der Waals surface area (Å²) >= 11 is 1.49. The van der Waals surface area contributed by atoms with Gasteiger partial charge in [-0.25, -0.2) is 10.5 Å². The summed E-state index contributed by atoms with van der Waals surface area (Å²) in [4.78, 5) is 15.8. The lowest BCUT2D eigenvalue weighted by Gasteiger charge is -2.28. The summed E-state index contributed by atoms with van der Waals surface area (Å²) in [7, 11) is 0. The lowest BCUT2D eigenvalue weighted by atomic mass is 9.78. The molecule has 0 radical (unpaired) electrons. The van der Waals surface area contributed by atoms with Crippen LogP contribution in [0.3, 0.4) is 0 Å². The number of carbonyl (C=O) groups excluding carboxylic acids is 1. The average Bonchev–Trinajstić information content (AvgIpc) is 2.99. The molecule has 3 N–H and O–H groups in total. The minimum Gasteiger partial charge on any atom is -0.507 e. The Bertz CT molecular complexity index is 763. The van der Waals surface area contributed by atoms with Crippen molar-refractivity contribution in [1.29, 1.82) is 0 Å². The zero-order valence-corrected chi connectivity index (χ0v) is 17.1. The Morgan fingerprint density at radius 1 is 1.12 bits per heavy atom. The molecule has 0 unspecified atom stereocenters. The van der Waals surface area contributed by atoms with E-state index in [1.165, 1.54) is 11.3 Å². The number of rotatable bonds is 4. The second kappa shape index (κ2) is 7.37. The molecule has 0 atom stereocenters. The van der Waals surface area contributed by atoms with Gasteiger partial charge in [0, 0.05) is 34.9 Å². The monoisotopic (exact) mass is 376 g/mol. The molecule has 26 heavy (non-hydrogen) atoms. The van der Waals surface area contributed by atoms with Gasteiger partial charge in [0.25, 0.3) is 0 Å². The molecule has 0 aliphatic rings. The van der Waals surface area contributed by atoms with Gasteiger partial charge < -0.3 is 5.11 Å². The Kier molecular flexibility index (Phi) is 5.78. The lowest BCUT2D eigenvalue weighted by Crippen LogP contribution is -2.18.